The maximum atomic E-state index is 12.2. The van der Waals surface area contributed by atoms with Gasteiger partial charge in [-0.1, -0.05) is 17.7 Å². The van der Waals surface area contributed by atoms with Crippen LogP contribution in [0.15, 0.2) is 18.2 Å². The lowest BCUT2D eigenvalue weighted by molar-refractivity contribution is 0.0544. The molecule has 6 nitrogen and oxygen atoms in total. The third-order valence-electron chi connectivity index (χ3n) is 3.53. The van der Waals surface area contributed by atoms with Gasteiger partial charge in [0.15, 0.2) is 0 Å². The molecule has 0 spiro atoms. The molecule has 1 heterocycles. The van der Waals surface area contributed by atoms with Crippen LogP contribution in [0.4, 0.5) is 10.5 Å². The van der Waals surface area contributed by atoms with Crippen LogP contribution in [0.25, 0.3) is 0 Å². The zero-order valence-electron chi connectivity index (χ0n) is 11.6. The van der Waals surface area contributed by atoms with Crippen LogP contribution in [0.5, 0.6) is 0 Å². The standard InChI is InChI=1S/C14H17ClN2O4/c1-17(9-5-7-21-8-6-9)14(20)16-11-4-2-3-10(15)12(11)13(18)19/h2-4,9H,5-8H2,1H3,(H,16,20)(H,18,19). The molecule has 114 valence electrons. The second kappa shape index (κ2) is 6.78. The van der Waals surface area contributed by atoms with Crippen molar-refractivity contribution in [3.05, 3.63) is 28.8 Å². The van der Waals surface area contributed by atoms with Crippen molar-refractivity contribution in [3.8, 4) is 0 Å². The van der Waals surface area contributed by atoms with Gasteiger partial charge in [-0.15, -0.1) is 0 Å². The smallest absolute Gasteiger partial charge is 0.339 e. The molecular weight excluding hydrogens is 296 g/mol. The number of amides is 2. The first-order valence-corrected chi connectivity index (χ1v) is 7.02. The fourth-order valence-corrected chi connectivity index (χ4v) is 2.54. The van der Waals surface area contributed by atoms with Crippen molar-refractivity contribution >= 4 is 29.3 Å². The Morgan fingerprint density at radius 2 is 2.05 bits per heavy atom. The number of carboxylic acids is 1. The minimum absolute atomic E-state index is 0.0891. The number of nitrogens with one attached hydrogen (secondary N) is 1. The Morgan fingerprint density at radius 1 is 1.38 bits per heavy atom. The number of carboxylic acid groups (broad SMARTS) is 1. The van der Waals surface area contributed by atoms with Gasteiger partial charge in [0.25, 0.3) is 0 Å². The largest absolute Gasteiger partial charge is 0.478 e. The number of urea groups is 1. The summed E-state index contributed by atoms with van der Waals surface area (Å²) >= 11 is 5.87. The molecule has 0 atom stereocenters. The molecule has 2 amide bonds. The Bertz CT molecular complexity index is 544. The molecule has 0 unspecified atom stereocenters. The van der Waals surface area contributed by atoms with E-state index in [4.69, 9.17) is 16.3 Å². The van der Waals surface area contributed by atoms with E-state index in [9.17, 15) is 14.7 Å². The quantitative estimate of drug-likeness (QED) is 0.899. The van der Waals surface area contributed by atoms with Gasteiger partial charge in [-0.2, -0.15) is 0 Å². The first kappa shape index (κ1) is 15.6. The highest BCUT2D eigenvalue weighted by molar-refractivity contribution is 6.34. The maximum Gasteiger partial charge on any atom is 0.339 e. The lowest BCUT2D eigenvalue weighted by atomic mass is 10.1. The number of anilines is 1. The van der Waals surface area contributed by atoms with Gasteiger partial charge < -0.3 is 20.1 Å². The number of nitrogens with zero attached hydrogens (tertiary/aromatic N) is 1. The van der Waals surface area contributed by atoms with Gasteiger partial charge >= 0.3 is 12.0 Å². The molecule has 0 saturated carbocycles. The molecule has 0 aromatic heterocycles. The molecule has 0 aliphatic carbocycles. The highest BCUT2D eigenvalue weighted by Gasteiger charge is 2.24. The molecule has 2 rings (SSSR count). The molecule has 1 saturated heterocycles. The van der Waals surface area contributed by atoms with E-state index >= 15 is 0 Å². The first-order valence-electron chi connectivity index (χ1n) is 6.64. The lowest BCUT2D eigenvalue weighted by Crippen LogP contribution is -2.43. The monoisotopic (exact) mass is 312 g/mol. The number of ether oxygens (including phenoxy) is 1. The number of rotatable bonds is 3. The predicted molar refractivity (Wildman–Crippen MR) is 79.0 cm³/mol. The maximum absolute atomic E-state index is 12.2. The molecule has 7 heteroatoms. The summed E-state index contributed by atoms with van der Waals surface area (Å²) in [5.41, 5.74) is 0.0896. The van der Waals surface area contributed by atoms with Gasteiger partial charge in [-0.05, 0) is 25.0 Å². The topological polar surface area (TPSA) is 78.9 Å². The summed E-state index contributed by atoms with van der Waals surface area (Å²) in [6, 6.07) is 4.32. The summed E-state index contributed by atoms with van der Waals surface area (Å²) in [6.07, 6.45) is 1.54. The highest BCUT2D eigenvalue weighted by atomic mass is 35.5. The van der Waals surface area contributed by atoms with Crippen molar-refractivity contribution in [1.29, 1.82) is 0 Å². The Balaban J connectivity index is 2.12. The Hall–Kier alpha value is -1.79. The van der Waals surface area contributed by atoms with Crippen LogP contribution >= 0.6 is 11.6 Å². The van der Waals surface area contributed by atoms with E-state index in [-0.39, 0.29) is 28.3 Å². The van der Waals surface area contributed by atoms with E-state index in [1.54, 1.807) is 18.0 Å². The number of aromatic carboxylic acids is 1. The molecule has 0 radical (unpaired) electrons. The Labute approximate surface area is 127 Å². The lowest BCUT2D eigenvalue weighted by Gasteiger charge is -2.31. The van der Waals surface area contributed by atoms with Gasteiger partial charge in [0, 0.05) is 26.3 Å². The van der Waals surface area contributed by atoms with Gasteiger partial charge in [-0.3, -0.25) is 0 Å². The number of carbonyl (C=O) groups is 2. The van der Waals surface area contributed by atoms with Crippen LogP contribution in [0.2, 0.25) is 5.02 Å². The van der Waals surface area contributed by atoms with Crippen LogP contribution in [-0.2, 0) is 4.74 Å². The van der Waals surface area contributed by atoms with Gasteiger partial charge in [-0.25, -0.2) is 9.59 Å². The normalized spacial score (nSPS) is 15.5. The molecular formula is C14H17ClN2O4. The Morgan fingerprint density at radius 3 is 2.67 bits per heavy atom. The Kier molecular flexibility index (Phi) is 5.03. The molecule has 1 aliphatic heterocycles. The molecule has 21 heavy (non-hydrogen) atoms. The average Bonchev–Trinajstić information content (AvgIpc) is 2.47. The minimum atomic E-state index is -1.18. The zero-order chi connectivity index (χ0) is 15.4. The van der Waals surface area contributed by atoms with E-state index in [0.717, 1.165) is 12.8 Å². The fraction of sp³-hybridized carbons (Fsp3) is 0.429. The summed E-state index contributed by atoms with van der Waals surface area (Å²) in [6.45, 7) is 1.25. The van der Waals surface area contributed by atoms with Crippen molar-refractivity contribution in [3.63, 3.8) is 0 Å². The van der Waals surface area contributed by atoms with E-state index in [1.165, 1.54) is 12.1 Å². The number of halogens is 1. The summed E-state index contributed by atoms with van der Waals surface area (Å²) < 4.78 is 5.26. The van der Waals surface area contributed by atoms with Crippen LogP contribution in [0.3, 0.4) is 0 Å². The van der Waals surface area contributed by atoms with E-state index in [1.807, 2.05) is 0 Å². The van der Waals surface area contributed by atoms with Crippen molar-refractivity contribution < 1.29 is 19.4 Å². The van der Waals surface area contributed by atoms with Gasteiger partial charge in [0.1, 0.15) is 5.56 Å². The molecule has 1 aliphatic rings. The third-order valence-corrected chi connectivity index (χ3v) is 3.84. The summed E-state index contributed by atoms with van der Waals surface area (Å²) in [5.74, 6) is -1.18. The fourth-order valence-electron chi connectivity index (χ4n) is 2.29. The van der Waals surface area contributed by atoms with E-state index < -0.39 is 5.97 Å². The number of hydrogen-bond donors (Lipinski definition) is 2. The highest BCUT2D eigenvalue weighted by Crippen LogP contribution is 2.25. The second-order valence-corrected chi connectivity index (χ2v) is 5.26. The van der Waals surface area contributed by atoms with Crippen molar-refractivity contribution in [1.82, 2.24) is 4.90 Å². The summed E-state index contributed by atoms with van der Waals surface area (Å²) in [5, 5.41) is 11.9. The molecule has 1 aromatic carbocycles. The second-order valence-electron chi connectivity index (χ2n) is 4.85. The zero-order valence-corrected chi connectivity index (χ0v) is 12.4. The first-order chi connectivity index (χ1) is 10.0. The SMILES string of the molecule is CN(C(=O)Nc1cccc(Cl)c1C(=O)O)C1CCOCC1. The summed E-state index contributed by atoms with van der Waals surface area (Å²) in [4.78, 5) is 25.0. The average molecular weight is 313 g/mol. The predicted octanol–water partition coefficient (Wildman–Crippen LogP) is 2.68. The van der Waals surface area contributed by atoms with Crippen LogP contribution in [0.1, 0.15) is 23.2 Å². The van der Waals surface area contributed by atoms with Crippen molar-refractivity contribution in [2.75, 3.05) is 25.6 Å². The number of hydrogen-bond acceptors (Lipinski definition) is 3. The van der Waals surface area contributed by atoms with Crippen LogP contribution in [-0.4, -0.2) is 48.3 Å². The summed E-state index contributed by atoms with van der Waals surface area (Å²) in [7, 11) is 1.69. The molecule has 2 N–H and O–H groups in total. The third kappa shape index (κ3) is 3.65. The van der Waals surface area contributed by atoms with Gasteiger partial charge in [0.05, 0.1) is 10.7 Å². The number of carbonyl (C=O) groups excluding carboxylic acids is 1. The van der Waals surface area contributed by atoms with Crippen LogP contribution < -0.4 is 5.32 Å². The van der Waals surface area contributed by atoms with Crippen LogP contribution in [0, 0.1) is 0 Å². The molecule has 0 bridgehead atoms. The molecule has 1 fully saturated rings. The van der Waals surface area contributed by atoms with E-state index in [2.05, 4.69) is 5.32 Å². The minimum Gasteiger partial charge on any atom is -0.478 e. The van der Waals surface area contributed by atoms with E-state index in [0.29, 0.717) is 13.2 Å². The number of benzene rings is 1. The van der Waals surface area contributed by atoms with Gasteiger partial charge in [0.2, 0.25) is 0 Å². The molecule has 1 aromatic rings. The van der Waals surface area contributed by atoms with Crippen molar-refractivity contribution in [2.24, 2.45) is 0 Å². The van der Waals surface area contributed by atoms with Crippen molar-refractivity contribution in [2.45, 2.75) is 18.9 Å².